The summed E-state index contributed by atoms with van der Waals surface area (Å²) < 4.78 is 12.3. The second-order valence-electron chi connectivity index (χ2n) is 10.5. The summed E-state index contributed by atoms with van der Waals surface area (Å²) in [6.07, 6.45) is 4.23. The van der Waals surface area contributed by atoms with Gasteiger partial charge in [0.2, 0.25) is 0 Å². The molecule has 0 aromatic rings. The molecule has 0 radical (unpaired) electrons. The van der Waals surface area contributed by atoms with Gasteiger partial charge in [0.05, 0.1) is 12.7 Å². The molecule has 2 aliphatic heterocycles. The zero-order valence-corrected chi connectivity index (χ0v) is 21.4. The molecular formula is C21H40N3O4PSi. The lowest BCUT2D eigenvalue weighted by atomic mass is 10.1. The number of ether oxygens (including phenoxy) is 1. The van der Waals surface area contributed by atoms with Crippen molar-refractivity contribution in [3.05, 3.63) is 24.2 Å². The van der Waals surface area contributed by atoms with Crippen LogP contribution in [0, 0.1) is 0 Å². The molecule has 172 valence electrons. The molecule has 1 fully saturated rings. The van der Waals surface area contributed by atoms with Crippen molar-refractivity contribution < 1.29 is 19.4 Å². The molecule has 0 bridgehead atoms. The fourth-order valence-corrected chi connectivity index (χ4v) is 4.96. The van der Waals surface area contributed by atoms with E-state index in [2.05, 4.69) is 65.1 Å². The van der Waals surface area contributed by atoms with E-state index in [0.717, 1.165) is 6.16 Å². The molecule has 1 saturated heterocycles. The molecule has 0 spiro atoms. The van der Waals surface area contributed by atoms with Gasteiger partial charge in [-0.1, -0.05) is 27.4 Å². The number of hydrogen-bond acceptors (Lipinski definition) is 7. The van der Waals surface area contributed by atoms with E-state index in [0.29, 0.717) is 30.3 Å². The minimum atomic E-state index is -1.97. The topological polar surface area (TPSA) is 101 Å². The van der Waals surface area contributed by atoms with E-state index in [1.807, 2.05) is 0 Å². The van der Waals surface area contributed by atoms with E-state index in [4.69, 9.17) is 14.9 Å². The lowest BCUT2D eigenvalue weighted by Gasteiger charge is -2.37. The van der Waals surface area contributed by atoms with Crippen molar-refractivity contribution in [3.8, 4) is 0 Å². The third kappa shape index (κ3) is 5.87. The van der Waals surface area contributed by atoms with Gasteiger partial charge < -0.3 is 30.0 Å². The summed E-state index contributed by atoms with van der Waals surface area (Å²) in [5.41, 5.74) is 6.84. The molecule has 0 aromatic heterocycles. The zero-order chi connectivity index (χ0) is 23.1. The van der Waals surface area contributed by atoms with Crippen molar-refractivity contribution in [1.29, 1.82) is 0 Å². The third-order valence-corrected chi connectivity index (χ3v) is 12.1. The first kappa shape index (κ1) is 25.4. The van der Waals surface area contributed by atoms with Crippen LogP contribution in [0.15, 0.2) is 29.2 Å². The predicted molar refractivity (Wildman–Crippen MR) is 130 cm³/mol. The maximum absolute atomic E-state index is 10.6. The smallest absolute Gasteiger partial charge is 0.192 e. The highest BCUT2D eigenvalue weighted by atomic mass is 31.2. The van der Waals surface area contributed by atoms with Crippen LogP contribution in [0.5, 0.6) is 0 Å². The summed E-state index contributed by atoms with van der Waals surface area (Å²) in [5.74, 6) is 0.716. The fourth-order valence-electron chi connectivity index (χ4n) is 3.06. The Labute approximate surface area is 182 Å². The Morgan fingerprint density at radius 1 is 1.30 bits per heavy atom. The van der Waals surface area contributed by atoms with Crippen LogP contribution in [-0.4, -0.2) is 86.2 Å². The van der Waals surface area contributed by atoms with E-state index >= 15 is 0 Å². The van der Waals surface area contributed by atoms with Crippen LogP contribution in [0.25, 0.3) is 0 Å². The Morgan fingerprint density at radius 2 is 1.90 bits per heavy atom. The molecule has 2 heterocycles. The summed E-state index contributed by atoms with van der Waals surface area (Å²) in [6.45, 7) is 18.2. The highest BCUT2D eigenvalue weighted by Gasteiger charge is 2.46. The maximum Gasteiger partial charge on any atom is 0.192 e. The van der Waals surface area contributed by atoms with Crippen LogP contribution in [0.4, 0.5) is 0 Å². The first-order valence-electron chi connectivity index (χ1n) is 10.4. The molecule has 4 N–H and O–H groups in total. The Kier molecular flexibility index (Phi) is 7.55. The number of nitrogens with two attached hydrogens (primary N) is 1. The molecule has 30 heavy (non-hydrogen) atoms. The van der Waals surface area contributed by atoms with Crippen molar-refractivity contribution in [1.82, 2.24) is 4.90 Å². The van der Waals surface area contributed by atoms with Gasteiger partial charge in [0, 0.05) is 11.8 Å². The third-order valence-electron chi connectivity index (χ3n) is 6.20. The average Bonchev–Trinajstić information content (AvgIpc) is 2.86. The molecule has 0 saturated carbocycles. The Hall–Kier alpha value is -0.893. The molecule has 2 aliphatic rings. The SMILES string of the molecule is C=C1N=C(N)C(CO[Si](C)(C)C(C)(C)C)=CN1[C@@H]1O[C@H](CCP(=C)(C)C)[C@@H](O)[C@H]1O. The van der Waals surface area contributed by atoms with E-state index < -0.39 is 39.7 Å². The molecule has 0 aliphatic carbocycles. The summed E-state index contributed by atoms with van der Waals surface area (Å²) in [6, 6.07) is 0. The Balaban J connectivity index is 2.16. The molecule has 7 nitrogen and oxygen atoms in total. The van der Waals surface area contributed by atoms with Gasteiger partial charge in [-0.05, 0) is 44.0 Å². The summed E-state index contributed by atoms with van der Waals surface area (Å²) in [5, 5.41) is 21.2. The van der Waals surface area contributed by atoms with Crippen molar-refractivity contribution in [2.75, 3.05) is 26.1 Å². The van der Waals surface area contributed by atoms with Gasteiger partial charge in [0.15, 0.2) is 14.5 Å². The predicted octanol–water partition coefficient (Wildman–Crippen LogP) is 2.58. The number of hydrogen-bond donors (Lipinski definition) is 3. The zero-order valence-electron chi connectivity index (χ0n) is 19.6. The van der Waals surface area contributed by atoms with Gasteiger partial charge in [-0.2, -0.15) is 0 Å². The monoisotopic (exact) mass is 457 g/mol. The van der Waals surface area contributed by atoms with Gasteiger partial charge in [0.25, 0.3) is 0 Å². The van der Waals surface area contributed by atoms with Crippen molar-refractivity contribution in [2.45, 2.75) is 69.9 Å². The standard InChI is InChI=1S/C21H40N3O4PSi/c1-14-23-19(22)15(13-27-30(8,9)21(2,3)4)12-24(14)20-18(26)17(25)16(28-20)10-11-29(5,6)7/h12,16-18,20,25-26H,1,5,10-11,13H2,2-4,6-9H3,(H2,22,23)/t16-,17-,18-,20-/m1/s1. The highest BCUT2D eigenvalue weighted by Crippen LogP contribution is 2.39. The normalized spacial score (nSPS) is 28.6. The Morgan fingerprint density at radius 3 is 2.43 bits per heavy atom. The van der Waals surface area contributed by atoms with E-state index in [9.17, 15) is 10.2 Å². The first-order chi connectivity index (χ1) is 13.5. The Bertz CT molecular complexity index is 769. The van der Waals surface area contributed by atoms with Crippen molar-refractivity contribution in [2.24, 2.45) is 10.7 Å². The molecule has 4 atom stereocenters. The number of rotatable bonds is 7. The number of amidine groups is 1. The maximum atomic E-state index is 10.6. The number of aliphatic imine (C=N–C) groups is 1. The summed E-state index contributed by atoms with van der Waals surface area (Å²) in [7, 11) is -1.97. The lowest BCUT2D eigenvalue weighted by molar-refractivity contribution is -0.0582. The van der Waals surface area contributed by atoms with Crippen LogP contribution in [-0.2, 0) is 9.16 Å². The van der Waals surface area contributed by atoms with Gasteiger partial charge in [-0.3, -0.25) is 0 Å². The van der Waals surface area contributed by atoms with Gasteiger partial charge >= 0.3 is 0 Å². The number of nitrogens with zero attached hydrogens (tertiary/aromatic N) is 2. The van der Waals surface area contributed by atoms with Crippen LogP contribution in [0.1, 0.15) is 27.2 Å². The van der Waals surface area contributed by atoms with E-state index in [-0.39, 0.29) is 5.04 Å². The summed E-state index contributed by atoms with van der Waals surface area (Å²) in [4.78, 5) is 5.99. The second-order valence-corrected chi connectivity index (χ2v) is 19.6. The van der Waals surface area contributed by atoms with Crippen molar-refractivity contribution >= 4 is 27.3 Å². The number of aliphatic hydroxyl groups excluding tert-OH is 2. The van der Waals surface area contributed by atoms with Crippen molar-refractivity contribution in [3.63, 3.8) is 0 Å². The number of aliphatic hydroxyl groups is 2. The molecule has 0 aromatic carbocycles. The van der Waals surface area contributed by atoms with E-state index in [1.54, 1.807) is 11.1 Å². The van der Waals surface area contributed by atoms with Gasteiger partial charge in [-0.25, -0.2) is 4.99 Å². The van der Waals surface area contributed by atoms with Crippen LogP contribution in [0.2, 0.25) is 18.1 Å². The average molecular weight is 458 g/mol. The second kappa shape index (κ2) is 8.92. The van der Waals surface area contributed by atoms with E-state index in [1.165, 1.54) is 0 Å². The van der Waals surface area contributed by atoms with Crippen LogP contribution in [0.3, 0.4) is 0 Å². The molecule has 0 amide bonds. The molecule has 9 heteroatoms. The minimum absolute atomic E-state index is 0.0735. The summed E-state index contributed by atoms with van der Waals surface area (Å²) >= 11 is 0. The largest absolute Gasteiger partial charge is 0.412 e. The quantitative estimate of drug-likeness (QED) is 0.401. The van der Waals surface area contributed by atoms with Crippen LogP contribution < -0.4 is 5.73 Å². The first-order valence-corrected chi connectivity index (χ1v) is 16.3. The molecular weight excluding hydrogens is 417 g/mol. The van der Waals surface area contributed by atoms with Gasteiger partial charge in [-0.15, -0.1) is 13.2 Å². The fraction of sp³-hybridized carbons (Fsp3) is 0.714. The molecule has 0 unspecified atom stereocenters. The van der Waals surface area contributed by atoms with Crippen LogP contribution >= 0.6 is 6.89 Å². The lowest BCUT2D eigenvalue weighted by Crippen LogP contribution is -2.44. The minimum Gasteiger partial charge on any atom is -0.412 e. The van der Waals surface area contributed by atoms with Gasteiger partial charge in [0.1, 0.15) is 23.9 Å². The molecule has 2 rings (SSSR count). The highest BCUT2D eigenvalue weighted by molar-refractivity contribution is 7.72.